The van der Waals surface area contributed by atoms with Gasteiger partial charge < -0.3 is 4.74 Å². The maximum absolute atomic E-state index is 11.5. The minimum absolute atomic E-state index is 0.347. The van der Waals surface area contributed by atoms with Crippen LogP contribution in [0.25, 0.3) is 0 Å². The number of para-hydroxylation sites is 1. The van der Waals surface area contributed by atoms with Gasteiger partial charge in [-0.1, -0.05) is 36.4 Å². The van der Waals surface area contributed by atoms with Gasteiger partial charge in [0.1, 0.15) is 5.75 Å². The summed E-state index contributed by atoms with van der Waals surface area (Å²) in [4.78, 5) is 12.8. The van der Waals surface area contributed by atoms with E-state index in [1.807, 2.05) is 24.3 Å². The van der Waals surface area contributed by atoms with Crippen LogP contribution in [-0.4, -0.2) is 5.97 Å². The fourth-order valence-corrected chi connectivity index (χ4v) is 2.24. The molecule has 0 radical (unpaired) electrons. The van der Waals surface area contributed by atoms with Crippen molar-refractivity contribution in [3.8, 4) is 5.75 Å². The third-order valence-electron chi connectivity index (χ3n) is 2.36. The SMILES string of the molecule is O=C(/C=C\SC1=CC=CCC1)Oc1ccccc1. The number of carbonyl (C=O) groups excluding carboxylic acids is 1. The van der Waals surface area contributed by atoms with Crippen LogP contribution in [0.4, 0.5) is 0 Å². The topological polar surface area (TPSA) is 26.3 Å². The molecule has 1 aliphatic rings. The molecule has 0 fully saturated rings. The minimum atomic E-state index is -0.347. The van der Waals surface area contributed by atoms with E-state index in [1.54, 1.807) is 29.3 Å². The van der Waals surface area contributed by atoms with E-state index in [9.17, 15) is 4.79 Å². The summed E-state index contributed by atoms with van der Waals surface area (Å²) in [6, 6.07) is 9.06. The van der Waals surface area contributed by atoms with Gasteiger partial charge in [-0.2, -0.15) is 0 Å². The van der Waals surface area contributed by atoms with Crippen LogP contribution < -0.4 is 4.74 Å². The minimum Gasteiger partial charge on any atom is -0.423 e. The lowest BCUT2D eigenvalue weighted by Crippen LogP contribution is -2.03. The van der Waals surface area contributed by atoms with Gasteiger partial charge in [-0.05, 0) is 35.3 Å². The molecule has 1 aliphatic carbocycles. The van der Waals surface area contributed by atoms with E-state index in [-0.39, 0.29) is 5.97 Å². The van der Waals surface area contributed by atoms with Crippen LogP contribution in [0, 0.1) is 0 Å². The zero-order valence-corrected chi connectivity index (χ0v) is 10.7. The van der Waals surface area contributed by atoms with Crippen molar-refractivity contribution in [2.24, 2.45) is 0 Å². The van der Waals surface area contributed by atoms with Gasteiger partial charge in [0, 0.05) is 6.08 Å². The first-order valence-electron chi connectivity index (χ1n) is 5.80. The molecule has 2 rings (SSSR count). The molecule has 0 saturated heterocycles. The van der Waals surface area contributed by atoms with Crippen LogP contribution in [0.2, 0.25) is 0 Å². The summed E-state index contributed by atoms with van der Waals surface area (Å²) in [6.45, 7) is 0. The Hall–Kier alpha value is -1.74. The molecule has 0 spiro atoms. The molecule has 0 amide bonds. The number of allylic oxidation sites excluding steroid dienone is 4. The Morgan fingerprint density at radius 3 is 2.83 bits per heavy atom. The second-order valence-electron chi connectivity index (χ2n) is 3.75. The summed E-state index contributed by atoms with van der Waals surface area (Å²) in [5.74, 6) is 0.220. The predicted octanol–water partition coefficient (Wildman–Crippen LogP) is 4.07. The second kappa shape index (κ2) is 6.87. The molecule has 1 aromatic carbocycles. The van der Waals surface area contributed by atoms with Gasteiger partial charge in [0.25, 0.3) is 0 Å². The average Bonchev–Trinajstić information content (AvgIpc) is 2.41. The molecule has 18 heavy (non-hydrogen) atoms. The third kappa shape index (κ3) is 4.26. The number of thioether (sulfide) groups is 1. The largest absolute Gasteiger partial charge is 0.423 e. The van der Waals surface area contributed by atoms with Gasteiger partial charge in [0.2, 0.25) is 0 Å². The highest BCUT2D eigenvalue weighted by Crippen LogP contribution is 2.25. The van der Waals surface area contributed by atoms with Gasteiger partial charge in [-0.25, -0.2) is 4.79 Å². The Kier molecular flexibility index (Phi) is 4.85. The maximum atomic E-state index is 11.5. The molecule has 0 N–H and O–H groups in total. The van der Waals surface area contributed by atoms with Crippen molar-refractivity contribution in [1.29, 1.82) is 0 Å². The number of hydrogen-bond donors (Lipinski definition) is 0. The number of carbonyl (C=O) groups is 1. The molecule has 3 heteroatoms. The lowest BCUT2D eigenvalue weighted by Gasteiger charge is -2.04. The van der Waals surface area contributed by atoms with Crippen molar-refractivity contribution in [3.05, 3.63) is 64.9 Å². The highest BCUT2D eigenvalue weighted by Gasteiger charge is 2.01. The molecule has 1 aromatic rings. The summed E-state index contributed by atoms with van der Waals surface area (Å²) in [7, 11) is 0. The summed E-state index contributed by atoms with van der Waals surface area (Å²) in [6.07, 6.45) is 9.82. The molecule has 2 nitrogen and oxygen atoms in total. The summed E-state index contributed by atoms with van der Waals surface area (Å²) in [5, 5.41) is 1.77. The van der Waals surface area contributed by atoms with Crippen LogP contribution in [0.1, 0.15) is 12.8 Å². The molecule has 0 unspecified atom stereocenters. The first kappa shape index (κ1) is 12.7. The standard InChI is InChI=1S/C15H14O2S/c16-15(17-13-7-3-1-4-8-13)11-12-18-14-9-5-2-6-10-14/h1-5,7-9,11-12H,6,10H2/b12-11-. The maximum Gasteiger partial charge on any atom is 0.336 e. The third-order valence-corrected chi connectivity index (χ3v) is 3.28. The molecule has 0 heterocycles. The van der Waals surface area contributed by atoms with Crippen molar-refractivity contribution in [2.75, 3.05) is 0 Å². The molecule has 0 saturated carbocycles. The van der Waals surface area contributed by atoms with Crippen molar-refractivity contribution >= 4 is 17.7 Å². The molecule has 92 valence electrons. The van der Waals surface area contributed by atoms with Crippen molar-refractivity contribution in [1.82, 2.24) is 0 Å². The quantitative estimate of drug-likeness (QED) is 0.462. The smallest absolute Gasteiger partial charge is 0.336 e. The fraction of sp³-hybridized carbons (Fsp3) is 0.133. The van der Waals surface area contributed by atoms with Gasteiger partial charge in [-0.3, -0.25) is 0 Å². The lowest BCUT2D eigenvalue weighted by molar-refractivity contribution is -0.128. The second-order valence-corrected chi connectivity index (χ2v) is 4.79. The van der Waals surface area contributed by atoms with Gasteiger partial charge >= 0.3 is 5.97 Å². The van der Waals surface area contributed by atoms with Crippen LogP contribution in [0.3, 0.4) is 0 Å². The van der Waals surface area contributed by atoms with Crippen LogP contribution >= 0.6 is 11.8 Å². The highest BCUT2D eigenvalue weighted by molar-refractivity contribution is 8.05. The van der Waals surface area contributed by atoms with Gasteiger partial charge in [-0.15, -0.1) is 11.8 Å². The number of benzene rings is 1. The normalized spacial score (nSPS) is 14.6. The predicted molar refractivity (Wildman–Crippen MR) is 75.3 cm³/mol. The Morgan fingerprint density at radius 1 is 1.28 bits per heavy atom. The van der Waals surface area contributed by atoms with Crippen molar-refractivity contribution in [2.45, 2.75) is 12.8 Å². The number of ether oxygens (including phenoxy) is 1. The van der Waals surface area contributed by atoms with E-state index >= 15 is 0 Å². The highest BCUT2D eigenvalue weighted by atomic mass is 32.2. The first-order chi connectivity index (χ1) is 8.84. The number of esters is 1. The summed E-state index contributed by atoms with van der Waals surface area (Å²) >= 11 is 1.56. The Bertz CT molecular complexity index is 486. The van der Waals surface area contributed by atoms with E-state index < -0.39 is 0 Å². The van der Waals surface area contributed by atoms with Crippen molar-refractivity contribution < 1.29 is 9.53 Å². The molecule has 0 aliphatic heterocycles. The summed E-state index contributed by atoms with van der Waals surface area (Å²) < 4.78 is 5.13. The lowest BCUT2D eigenvalue weighted by atomic mass is 10.2. The number of rotatable bonds is 4. The fourth-order valence-electron chi connectivity index (χ4n) is 1.49. The van der Waals surface area contributed by atoms with Crippen LogP contribution in [0.5, 0.6) is 5.75 Å². The van der Waals surface area contributed by atoms with E-state index in [4.69, 9.17) is 4.74 Å². The van der Waals surface area contributed by atoms with E-state index in [0.717, 1.165) is 12.8 Å². The van der Waals surface area contributed by atoms with E-state index in [0.29, 0.717) is 5.75 Å². The Balaban J connectivity index is 1.80. The Morgan fingerprint density at radius 2 is 2.11 bits per heavy atom. The Labute approximate surface area is 111 Å². The summed E-state index contributed by atoms with van der Waals surface area (Å²) in [5.41, 5.74) is 0. The molecule has 0 aromatic heterocycles. The number of hydrogen-bond acceptors (Lipinski definition) is 3. The zero-order valence-electron chi connectivity index (χ0n) is 9.91. The molecule has 0 atom stereocenters. The van der Waals surface area contributed by atoms with Crippen LogP contribution in [-0.2, 0) is 4.79 Å². The van der Waals surface area contributed by atoms with E-state index in [2.05, 4.69) is 12.2 Å². The monoisotopic (exact) mass is 258 g/mol. The van der Waals surface area contributed by atoms with Gasteiger partial charge in [0.05, 0.1) is 0 Å². The van der Waals surface area contributed by atoms with Gasteiger partial charge in [0.15, 0.2) is 0 Å². The molecule has 0 bridgehead atoms. The van der Waals surface area contributed by atoms with Crippen LogP contribution in [0.15, 0.2) is 64.9 Å². The van der Waals surface area contributed by atoms with Crippen molar-refractivity contribution in [3.63, 3.8) is 0 Å². The van der Waals surface area contributed by atoms with E-state index in [1.165, 1.54) is 11.0 Å². The first-order valence-corrected chi connectivity index (χ1v) is 6.68. The molecular formula is C15H14O2S. The average molecular weight is 258 g/mol. The zero-order chi connectivity index (χ0) is 12.6. The molecular weight excluding hydrogens is 244 g/mol.